The molecule has 10 heteroatoms. The summed E-state index contributed by atoms with van der Waals surface area (Å²) >= 11 is 0. The zero-order valence-corrected chi connectivity index (χ0v) is 22.4. The molecule has 4 aromatic rings. The minimum atomic E-state index is -1.18. The van der Waals surface area contributed by atoms with Crippen LogP contribution in [0, 0.1) is 6.92 Å². The first kappa shape index (κ1) is 24.7. The number of anilines is 1. The molecule has 1 aromatic carbocycles. The Hall–Kier alpha value is -4.31. The van der Waals surface area contributed by atoms with Gasteiger partial charge >= 0.3 is 5.97 Å². The van der Waals surface area contributed by atoms with Crippen LogP contribution in [-0.2, 0) is 15.8 Å². The van der Waals surface area contributed by atoms with Crippen LogP contribution in [0.3, 0.4) is 0 Å². The number of rotatable bonds is 6. The van der Waals surface area contributed by atoms with Gasteiger partial charge in [-0.2, -0.15) is 0 Å². The fourth-order valence-electron chi connectivity index (χ4n) is 6.61. The van der Waals surface area contributed by atoms with Crippen LogP contribution in [0.15, 0.2) is 60.8 Å². The van der Waals surface area contributed by atoms with Gasteiger partial charge in [-0.1, -0.05) is 43.3 Å². The summed E-state index contributed by atoms with van der Waals surface area (Å²) in [6, 6.07) is 17.3. The average molecular weight is 539 g/mol. The lowest BCUT2D eigenvalue weighted by Gasteiger charge is -2.42. The number of benzene rings is 1. The van der Waals surface area contributed by atoms with Crippen LogP contribution in [0.5, 0.6) is 0 Å². The van der Waals surface area contributed by atoms with Crippen molar-refractivity contribution >= 4 is 23.2 Å². The van der Waals surface area contributed by atoms with Crippen LogP contribution in [0.25, 0.3) is 5.65 Å². The lowest BCUT2D eigenvalue weighted by Crippen LogP contribution is -2.58. The first-order valence-corrected chi connectivity index (χ1v) is 13.5. The SMILES string of the molecule is Cc1cc(N2CC[C@](C)(c3ccccc3)C2)cn2nc(C34CC(NC(=O)c5cccc(C(=O)O)n5)(CO3)C4)nc12. The van der Waals surface area contributed by atoms with E-state index in [1.54, 1.807) is 0 Å². The highest BCUT2D eigenvalue weighted by molar-refractivity contribution is 5.94. The molecule has 1 atom stereocenters. The fraction of sp³-hybridized carbons (Fsp3) is 0.367. The number of carbonyl (C=O) groups excluding carboxylic acids is 1. The number of hydrogen-bond acceptors (Lipinski definition) is 7. The Kier molecular flexibility index (Phi) is 5.31. The van der Waals surface area contributed by atoms with Crippen LogP contribution in [0.2, 0.25) is 0 Å². The minimum Gasteiger partial charge on any atom is -0.477 e. The summed E-state index contributed by atoms with van der Waals surface area (Å²) < 4.78 is 8.06. The van der Waals surface area contributed by atoms with Gasteiger partial charge in [-0.25, -0.2) is 19.3 Å². The van der Waals surface area contributed by atoms with Crippen molar-refractivity contribution in [3.05, 3.63) is 89.1 Å². The molecule has 1 amide bonds. The fourth-order valence-corrected chi connectivity index (χ4v) is 6.61. The topological polar surface area (TPSA) is 122 Å². The number of carboxylic acids is 1. The van der Waals surface area contributed by atoms with Crippen molar-refractivity contribution < 1.29 is 19.4 Å². The first-order valence-electron chi connectivity index (χ1n) is 13.5. The van der Waals surface area contributed by atoms with Gasteiger partial charge in [0.25, 0.3) is 5.91 Å². The quantitative estimate of drug-likeness (QED) is 0.383. The number of hydrogen-bond donors (Lipinski definition) is 2. The van der Waals surface area contributed by atoms with E-state index in [1.807, 2.05) is 4.52 Å². The second-order valence-electron chi connectivity index (χ2n) is 11.8. The van der Waals surface area contributed by atoms with E-state index in [4.69, 9.17) is 14.8 Å². The van der Waals surface area contributed by atoms with E-state index in [-0.39, 0.29) is 16.8 Å². The Balaban J connectivity index is 1.09. The van der Waals surface area contributed by atoms with Gasteiger partial charge in [-0.15, -0.1) is 5.10 Å². The molecule has 4 fully saturated rings. The predicted octanol–water partition coefficient (Wildman–Crippen LogP) is 3.49. The third-order valence-corrected chi connectivity index (χ3v) is 8.77. The number of carboxylic acid groups (broad SMARTS) is 1. The number of nitrogens with one attached hydrogen (secondary N) is 1. The molecule has 8 rings (SSSR count). The molecule has 10 nitrogen and oxygen atoms in total. The highest BCUT2D eigenvalue weighted by atomic mass is 16.5. The number of pyridine rings is 2. The van der Waals surface area contributed by atoms with E-state index in [0.29, 0.717) is 25.3 Å². The summed E-state index contributed by atoms with van der Waals surface area (Å²) in [5.74, 6) is -0.971. The van der Waals surface area contributed by atoms with Gasteiger partial charge in [0, 0.05) is 31.3 Å². The molecule has 40 heavy (non-hydrogen) atoms. The standard InChI is InChI=1S/C30H30N6O4/c1-19-13-21(35-12-11-28(2,17-35)20-7-4-3-5-8-20)14-36-24(19)32-27(34-36)30-15-29(16-30,18-40-30)33-25(37)22-9-6-10-23(31-22)26(38)39/h3-10,13-14H,11-12,15-18H2,1-2H3,(H,33,37)(H,38,39)/t28-,29?,30?/m0/s1. The number of nitrogens with zero attached hydrogens (tertiary/aromatic N) is 5. The Bertz CT molecular complexity index is 1660. The average Bonchev–Trinajstić information content (AvgIpc) is 3.71. The van der Waals surface area contributed by atoms with Crippen molar-refractivity contribution in [1.82, 2.24) is 24.9 Å². The highest BCUT2D eigenvalue weighted by Crippen LogP contribution is 2.57. The van der Waals surface area contributed by atoms with E-state index in [9.17, 15) is 14.7 Å². The highest BCUT2D eigenvalue weighted by Gasteiger charge is 2.66. The van der Waals surface area contributed by atoms with Gasteiger partial charge in [-0.3, -0.25) is 4.79 Å². The Morgan fingerprint density at radius 3 is 2.60 bits per heavy atom. The molecular weight excluding hydrogens is 508 g/mol. The van der Waals surface area contributed by atoms with Gasteiger partial charge in [-0.05, 0) is 42.7 Å². The summed E-state index contributed by atoms with van der Waals surface area (Å²) in [4.78, 5) is 35.4. The zero-order valence-electron chi connectivity index (χ0n) is 22.4. The molecule has 0 unspecified atom stereocenters. The summed E-state index contributed by atoms with van der Waals surface area (Å²) in [6.07, 6.45) is 4.23. The summed E-state index contributed by atoms with van der Waals surface area (Å²) in [6.45, 7) is 6.63. The van der Waals surface area contributed by atoms with Crippen molar-refractivity contribution in [3.8, 4) is 0 Å². The summed E-state index contributed by atoms with van der Waals surface area (Å²) in [7, 11) is 0. The van der Waals surface area contributed by atoms with E-state index < -0.39 is 23.0 Å². The molecule has 2 bridgehead atoms. The number of carbonyl (C=O) groups is 2. The van der Waals surface area contributed by atoms with Gasteiger partial charge in [0.15, 0.2) is 11.5 Å². The minimum absolute atomic E-state index is 0.0676. The van der Waals surface area contributed by atoms with Crippen LogP contribution >= 0.6 is 0 Å². The Morgan fingerprint density at radius 1 is 1.05 bits per heavy atom. The predicted molar refractivity (Wildman–Crippen MR) is 147 cm³/mol. The third kappa shape index (κ3) is 3.85. The van der Waals surface area contributed by atoms with Crippen molar-refractivity contribution in [2.45, 2.75) is 49.7 Å². The number of aromatic carboxylic acids is 1. The smallest absolute Gasteiger partial charge is 0.354 e. The van der Waals surface area contributed by atoms with Gasteiger partial charge < -0.3 is 20.1 Å². The zero-order chi connectivity index (χ0) is 27.7. The molecule has 3 aliphatic heterocycles. The normalized spacial score (nSPS) is 27.1. The van der Waals surface area contributed by atoms with Crippen molar-refractivity contribution in [2.75, 3.05) is 24.6 Å². The van der Waals surface area contributed by atoms with Crippen LogP contribution in [-0.4, -0.2) is 61.8 Å². The number of ether oxygens (including phenoxy) is 1. The van der Waals surface area contributed by atoms with Crippen molar-refractivity contribution in [1.29, 1.82) is 0 Å². The summed E-state index contributed by atoms with van der Waals surface area (Å²) in [5.41, 5.74) is 3.12. The number of fused-ring (bicyclic) bond motifs is 2. The maximum Gasteiger partial charge on any atom is 0.354 e. The molecule has 3 saturated heterocycles. The molecule has 3 aromatic heterocycles. The Labute approximate surface area is 231 Å². The number of aryl methyl sites for hydroxylation is 1. The summed E-state index contributed by atoms with van der Waals surface area (Å²) in [5, 5.41) is 17.1. The maximum absolute atomic E-state index is 12.9. The lowest BCUT2D eigenvalue weighted by atomic mass is 9.68. The molecular formula is C30H30N6O4. The van der Waals surface area contributed by atoms with Gasteiger partial charge in [0.1, 0.15) is 17.0 Å². The second kappa shape index (κ2) is 8.59. The molecule has 204 valence electrons. The monoisotopic (exact) mass is 538 g/mol. The van der Waals surface area contributed by atoms with Crippen molar-refractivity contribution in [3.63, 3.8) is 0 Å². The van der Waals surface area contributed by atoms with Gasteiger partial charge in [0.2, 0.25) is 0 Å². The molecule has 0 spiro atoms. The van der Waals surface area contributed by atoms with Crippen LogP contribution in [0.4, 0.5) is 5.69 Å². The molecule has 1 aliphatic carbocycles. The van der Waals surface area contributed by atoms with Crippen LogP contribution in [0.1, 0.15) is 64.1 Å². The van der Waals surface area contributed by atoms with E-state index >= 15 is 0 Å². The first-order chi connectivity index (χ1) is 19.2. The number of aromatic nitrogens is 4. The molecule has 6 heterocycles. The third-order valence-electron chi connectivity index (χ3n) is 8.77. The van der Waals surface area contributed by atoms with E-state index in [1.165, 1.54) is 23.8 Å². The molecule has 1 saturated carbocycles. The number of amides is 1. The van der Waals surface area contributed by atoms with Gasteiger partial charge in [0.05, 0.1) is 24.0 Å². The molecule has 4 aliphatic rings. The largest absolute Gasteiger partial charge is 0.477 e. The van der Waals surface area contributed by atoms with E-state index in [0.717, 1.165) is 36.4 Å². The van der Waals surface area contributed by atoms with Crippen molar-refractivity contribution in [2.24, 2.45) is 0 Å². The second-order valence-corrected chi connectivity index (χ2v) is 11.8. The molecule has 2 N–H and O–H groups in total. The maximum atomic E-state index is 12.9. The van der Waals surface area contributed by atoms with E-state index in [2.05, 4.69) is 71.6 Å². The Morgan fingerprint density at radius 2 is 1.82 bits per heavy atom. The lowest BCUT2D eigenvalue weighted by molar-refractivity contribution is -0.0180. The molecule has 0 radical (unpaired) electrons. The van der Waals surface area contributed by atoms with Crippen LogP contribution < -0.4 is 10.2 Å².